The van der Waals surface area contributed by atoms with Gasteiger partial charge in [-0.25, -0.2) is 0 Å². The molecule has 2 aliphatic rings. The lowest BCUT2D eigenvalue weighted by Crippen LogP contribution is -2.44. The number of carbonyl (C=O) groups excluding carboxylic acids is 1. The number of rotatable bonds is 3. The Hall–Kier alpha value is -2.80. The van der Waals surface area contributed by atoms with E-state index in [0.29, 0.717) is 5.02 Å². The molecule has 4 heterocycles. The van der Waals surface area contributed by atoms with E-state index in [-0.39, 0.29) is 11.3 Å². The zero-order valence-corrected chi connectivity index (χ0v) is 18.9. The smallest absolute Gasteiger partial charge is 0.226 e. The van der Waals surface area contributed by atoms with Crippen molar-refractivity contribution in [2.45, 2.75) is 19.3 Å². The Labute approximate surface area is 187 Å². The van der Waals surface area contributed by atoms with Crippen LogP contribution >= 0.6 is 11.6 Å². The second-order valence-electron chi connectivity index (χ2n) is 8.86. The number of benzene rings is 1. The maximum absolute atomic E-state index is 12.4. The Morgan fingerprint density at radius 3 is 2.61 bits per heavy atom. The van der Waals surface area contributed by atoms with Gasteiger partial charge in [-0.1, -0.05) is 17.7 Å². The summed E-state index contributed by atoms with van der Waals surface area (Å²) < 4.78 is 1.91. The molecule has 2 aromatic heterocycles. The normalized spacial score (nSPS) is 18.1. The van der Waals surface area contributed by atoms with E-state index in [1.54, 1.807) is 6.20 Å². The zero-order chi connectivity index (χ0) is 21.8. The molecule has 2 saturated heterocycles. The van der Waals surface area contributed by atoms with Crippen LogP contribution < -0.4 is 15.1 Å². The van der Waals surface area contributed by atoms with E-state index in [4.69, 9.17) is 11.6 Å². The molecule has 0 saturated carbocycles. The van der Waals surface area contributed by atoms with Gasteiger partial charge in [-0.2, -0.15) is 5.10 Å². The maximum Gasteiger partial charge on any atom is 0.226 e. The number of aromatic nitrogens is 3. The standard InChI is InChI=1S/C23H27ClN6O/c1-28(2)21-16-5-4-15(12-19(16)29(3)27-21)17-13-25-14-18(24)20(17)30-10-7-23(8-11-30)6-9-26-22(23)31/h4-5,12-14H,6-11H2,1-3H3,(H,26,31). The van der Waals surface area contributed by atoms with E-state index in [2.05, 4.69) is 38.5 Å². The molecule has 7 nitrogen and oxygen atoms in total. The number of nitrogens with one attached hydrogen (secondary N) is 1. The number of carbonyl (C=O) groups is 1. The lowest BCUT2D eigenvalue weighted by Gasteiger charge is -2.39. The number of pyridine rings is 1. The van der Waals surface area contributed by atoms with Crippen LogP contribution in [0.25, 0.3) is 22.0 Å². The largest absolute Gasteiger partial charge is 0.370 e. The zero-order valence-electron chi connectivity index (χ0n) is 18.2. The van der Waals surface area contributed by atoms with Crippen molar-refractivity contribution in [2.75, 3.05) is 43.5 Å². The molecular formula is C23H27ClN6O. The molecule has 31 heavy (non-hydrogen) atoms. The molecule has 0 atom stereocenters. The Morgan fingerprint density at radius 1 is 1.16 bits per heavy atom. The lowest BCUT2D eigenvalue weighted by molar-refractivity contribution is -0.128. The summed E-state index contributed by atoms with van der Waals surface area (Å²) in [6.07, 6.45) is 6.23. The van der Waals surface area contributed by atoms with Crippen LogP contribution in [0.3, 0.4) is 0 Å². The minimum atomic E-state index is -0.202. The van der Waals surface area contributed by atoms with E-state index in [1.807, 2.05) is 36.9 Å². The lowest BCUT2D eigenvalue weighted by atomic mass is 9.77. The first-order valence-corrected chi connectivity index (χ1v) is 11.1. The minimum Gasteiger partial charge on any atom is -0.370 e. The van der Waals surface area contributed by atoms with Crippen molar-refractivity contribution < 1.29 is 4.79 Å². The molecule has 2 aliphatic heterocycles. The van der Waals surface area contributed by atoms with Crippen LogP contribution in [-0.2, 0) is 11.8 Å². The number of aryl methyl sites for hydroxylation is 1. The van der Waals surface area contributed by atoms with Gasteiger partial charge in [0.2, 0.25) is 5.91 Å². The Balaban J connectivity index is 1.52. The monoisotopic (exact) mass is 438 g/mol. The molecule has 3 aromatic rings. The summed E-state index contributed by atoms with van der Waals surface area (Å²) in [6.45, 7) is 2.41. The number of hydrogen-bond donors (Lipinski definition) is 1. The van der Waals surface area contributed by atoms with Gasteiger partial charge in [-0.05, 0) is 37.0 Å². The predicted octanol–water partition coefficient (Wildman–Crippen LogP) is 3.46. The molecule has 1 amide bonds. The van der Waals surface area contributed by atoms with Gasteiger partial charge in [0.15, 0.2) is 5.82 Å². The van der Waals surface area contributed by atoms with Crippen LogP contribution in [-0.4, -0.2) is 54.4 Å². The first-order chi connectivity index (χ1) is 14.9. The van der Waals surface area contributed by atoms with E-state index in [1.165, 1.54) is 0 Å². The maximum atomic E-state index is 12.4. The van der Waals surface area contributed by atoms with Crippen molar-refractivity contribution in [3.8, 4) is 11.1 Å². The van der Waals surface area contributed by atoms with Crippen LogP contribution in [0, 0.1) is 5.41 Å². The Morgan fingerprint density at radius 2 is 1.94 bits per heavy atom. The second-order valence-corrected chi connectivity index (χ2v) is 9.27. The van der Waals surface area contributed by atoms with Crippen LogP contribution in [0.2, 0.25) is 5.02 Å². The van der Waals surface area contributed by atoms with Gasteiger partial charge in [0, 0.05) is 64.1 Å². The fourth-order valence-electron chi connectivity index (χ4n) is 5.05. The predicted molar refractivity (Wildman–Crippen MR) is 125 cm³/mol. The molecule has 1 N–H and O–H groups in total. The highest BCUT2D eigenvalue weighted by molar-refractivity contribution is 6.33. The highest BCUT2D eigenvalue weighted by atomic mass is 35.5. The fourth-order valence-corrected chi connectivity index (χ4v) is 5.33. The van der Waals surface area contributed by atoms with Gasteiger partial charge in [-0.15, -0.1) is 0 Å². The molecule has 0 aliphatic carbocycles. The second kappa shape index (κ2) is 7.41. The van der Waals surface area contributed by atoms with Gasteiger partial charge in [0.05, 0.1) is 21.6 Å². The van der Waals surface area contributed by atoms with Crippen molar-refractivity contribution >= 4 is 39.9 Å². The molecular weight excluding hydrogens is 412 g/mol. The number of fused-ring (bicyclic) bond motifs is 1. The van der Waals surface area contributed by atoms with Crippen LogP contribution in [0.4, 0.5) is 11.5 Å². The van der Waals surface area contributed by atoms with E-state index < -0.39 is 0 Å². The molecule has 162 valence electrons. The SMILES string of the molecule is CN(C)c1nn(C)c2cc(-c3cncc(Cl)c3N3CCC4(CCNC4=O)CC3)ccc12. The molecule has 0 radical (unpaired) electrons. The average Bonchev–Trinajstić information content (AvgIpc) is 3.28. The molecule has 5 rings (SSSR count). The van der Waals surface area contributed by atoms with Gasteiger partial charge in [0.25, 0.3) is 0 Å². The third kappa shape index (κ3) is 3.22. The number of anilines is 2. The summed E-state index contributed by atoms with van der Waals surface area (Å²) in [5.41, 5.74) is 3.93. The topological polar surface area (TPSA) is 66.3 Å². The molecule has 1 aromatic carbocycles. The Bertz CT molecular complexity index is 1160. The molecule has 1 spiro atoms. The van der Waals surface area contributed by atoms with Gasteiger partial charge in [0.1, 0.15) is 0 Å². The first-order valence-electron chi connectivity index (χ1n) is 10.7. The van der Waals surface area contributed by atoms with Crippen molar-refractivity contribution in [1.29, 1.82) is 0 Å². The summed E-state index contributed by atoms with van der Waals surface area (Å²) in [4.78, 5) is 21.1. The summed E-state index contributed by atoms with van der Waals surface area (Å²) >= 11 is 6.68. The molecule has 8 heteroatoms. The van der Waals surface area contributed by atoms with E-state index in [0.717, 1.165) is 72.4 Å². The average molecular weight is 439 g/mol. The van der Waals surface area contributed by atoms with Crippen molar-refractivity contribution in [3.63, 3.8) is 0 Å². The highest BCUT2D eigenvalue weighted by Crippen LogP contribution is 2.43. The number of amides is 1. The van der Waals surface area contributed by atoms with Crippen LogP contribution in [0.5, 0.6) is 0 Å². The first kappa shape index (κ1) is 20.1. The number of hydrogen-bond acceptors (Lipinski definition) is 5. The van der Waals surface area contributed by atoms with E-state index >= 15 is 0 Å². The van der Waals surface area contributed by atoms with Crippen molar-refractivity contribution in [1.82, 2.24) is 20.1 Å². The van der Waals surface area contributed by atoms with Gasteiger partial charge >= 0.3 is 0 Å². The summed E-state index contributed by atoms with van der Waals surface area (Å²) in [5.74, 6) is 1.16. The third-order valence-electron chi connectivity index (χ3n) is 6.85. The number of nitrogens with zero attached hydrogens (tertiary/aromatic N) is 5. The van der Waals surface area contributed by atoms with E-state index in [9.17, 15) is 4.79 Å². The van der Waals surface area contributed by atoms with Crippen LogP contribution in [0.1, 0.15) is 19.3 Å². The molecule has 0 bridgehead atoms. The number of halogens is 1. The molecule has 2 fully saturated rings. The van der Waals surface area contributed by atoms with Crippen molar-refractivity contribution in [2.24, 2.45) is 12.5 Å². The minimum absolute atomic E-state index is 0.202. The third-order valence-corrected chi connectivity index (χ3v) is 7.12. The fraction of sp³-hybridized carbons (Fsp3) is 0.435. The summed E-state index contributed by atoms with van der Waals surface area (Å²) in [6, 6.07) is 6.39. The quantitative estimate of drug-likeness (QED) is 0.678. The Kier molecular flexibility index (Phi) is 4.81. The van der Waals surface area contributed by atoms with Crippen molar-refractivity contribution in [3.05, 3.63) is 35.6 Å². The highest BCUT2D eigenvalue weighted by Gasteiger charge is 2.44. The molecule has 0 unspecified atom stereocenters. The van der Waals surface area contributed by atoms with Gasteiger partial charge < -0.3 is 15.1 Å². The summed E-state index contributed by atoms with van der Waals surface area (Å²) in [5, 5.41) is 9.42. The van der Waals surface area contributed by atoms with Gasteiger partial charge in [-0.3, -0.25) is 14.5 Å². The number of piperidine rings is 1. The summed E-state index contributed by atoms with van der Waals surface area (Å²) in [7, 11) is 5.97. The van der Waals surface area contributed by atoms with Crippen LogP contribution in [0.15, 0.2) is 30.6 Å².